The Kier molecular flexibility index (Phi) is 14.5. The van der Waals surface area contributed by atoms with Crippen molar-refractivity contribution >= 4 is 59.4 Å². The zero-order valence-electron chi connectivity index (χ0n) is 33.3. The first-order valence-electron chi connectivity index (χ1n) is 19.5. The minimum atomic E-state index is -4.90. The van der Waals surface area contributed by atoms with Crippen molar-refractivity contribution in [1.82, 2.24) is 29.4 Å². The maximum atomic E-state index is 15.4. The highest BCUT2D eigenvalue weighted by molar-refractivity contribution is 7.97. The second-order valence-corrected chi connectivity index (χ2v) is 16.1. The first-order chi connectivity index (χ1) is 29.4. The summed E-state index contributed by atoms with van der Waals surface area (Å²) in [5.41, 5.74) is 4.09. The van der Waals surface area contributed by atoms with E-state index in [2.05, 4.69) is 40.9 Å². The standard InChI is InChI=1S/C40H43F7N10O4S/c1-54(32-5-6-34(59)52-36(32)60)37(61)29-17-33(31(41)16-25(29)22-58)56-13-11-55(12-14-56)21-24-3-2-4-28(15-24)62-57-9-7-27(8-10-57)51-38-50-20-30(40(45,46)47)35(53-38)26(18-48)19-49-23-39(42,43)44/h2-4,15-20,22,27,32H,5-14,21,23,48H2,1H3,(H,50,51,53)(H,52,59,60)/b26-18+,49-19?. The van der Waals surface area contributed by atoms with Crippen LogP contribution in [0.25, 0.3) is 5.57 Å². The summed E-state index contributed by atoms with van der Waals surface area (Å²) in [5.74, 6) is -2.48. The van der Waals surface area contributed by atoms with Gasteiger partial charge in [0.25, 0.3) is 5.91 Å². The second kappa shape index (κ2) is 19.6. The Morgan fingerprint density at radius 1 is 1.05 bits per heavy atom. The van der Waals surface area contributed by atoms with Gasteiger partial charge in [-0.2, -0.15) is 26.3 Å². The molecule has 62 heavy (non-hydrogen) atoms. The van der Waals surface area contributed by atoms with E-state index in [0.29, 0.717) is 83.6 Å². The number of piperazine rings is 1. The van der Waals surface area contributed by atoms with Crippen molar-refractivity contribution in [2.45, 2.75) is 61.6 Å². The van der Waals surface area contributed by atoms with Crippen molar-refractivity contribution in [2.75, 3.05) is 63.1 Å². The predicted molar refractivity (Wildman–Crippen MR) is 217 cm³/mol. The predicted octanol–water partition coefficient (Wildman–Crippen LogP) is 5.16. The number of aliphatic imine (C=N–C) groups is 1. The Balaban J connectivity index is 1.01. The van der Waals surface area contributed by atoms with Crippen LogP contribution < -0.4 is 21.3 Å². The van der Waals surface area contributed by atoms with Gasteiger partial charge in [-0.15, -0.1) is 0 Å². The summed E-state index contributed by atoms with van der Waals surface area (Å²) in [5, 5.41) is 5.26. The number of imide groups is 1. The highest BCUT2D eigenvalue weighted by atomic mass is 32.2. The van der Waals surface area contributed by atoms with E-state index >= 15 is 4.39 Å². The molecule has 0 radical (unpaired) electrons. The van der Waals surface area contributed by atoms with E-state index < -0.39 is 65.3 Å². The Labute approximate surface area is 355 Å². The molecule has 4 heterocycles. The number of carbonyl (C=O) groups excluding carboxylic acids is 4. The molecular weight excluding hydrogens is 850 g/mol. The lowest BCUT2D eigenvalue weighted by Crippen LogP contribution is -2.53. The minimum absolute atomic E-state index is 0.0448. The minimum Gasteiger partial charge on any atom is -0.404 e. The van der Waals surface area contributed by atoms with E-state index in [4.69, 9.17) is 5.73 Å². The number of hydrogen-bond acceptors (Lipinski definition) is 13. The number of nitrogens with two attached hydrogens (primary N) is 1. The van der Waals surface area contributed by atoms with Gasteiger partial charge in [0.2, 0.25) is 17.8 Å². The molecule has 0 saturated carbocycles. The molecule has 3 aromatic rings. The molecule has 3 fully saturated rings. The van der Waals surface area contributed by atoms with E-state index in [9.17, 15) is 45.5 Å². The van der Waals surface area contributed by atoms with Crippen LogP contribution in [0.1, 0.15) is 63.2 Å². The number of aldehydes is 1. The van der Waals surface area contributed by atoms with E-state index in [1.54, 1.807) is 11.9 Å². The molecule has 3 aliphatic heterocycles. The van der Waals surface area contributed by atoms with Crippen molar-refractivity contribution in [3.8, 4) is 0 Å². The van der Waals surface area contributed by atoms with Crippen molar-refractivity contribution in [3.63, 3.8) is 0 Å². The van der Waals surface area contributed by atoms with Gasteiger partial charge in [-0.3, -0.25) is 34.4 Å². The average Bonchev–Trinajstić information content (AvgIpc) is 3.22. The third-order valence-electron chi connectivity index (χ3n) is 10.6. The normalized spacial score (nSPS) is 18.9. The number of hydrogen-bond donors (Lipinski definition) is 3. The van der Waals surface area contributed by atoms with Gasteiger partial charge in [0.1, 0.15) is 24.0 Å². The number of anilines is 2. The van der Waals surface area contributed by atoms with E-state index in [0.717, 1.165) is 16.5 Å². The van der Waals surface area contributed by atoms with Crippen LogP contribution in [-0.2, 0) is 22.3 Å². The molecule has 3 saturated heterocycles. The molecule has 0 spiro atoms. The Morgan fingerprint density at radius 2 is 1.77 bits per heavy atom. The molecule has 1 aromatic heterocycles. The van der Waals surface area contributed by atoms with Gasteiger partial charge in [-0.05, 0) is 61.0 Å². The molecule has 2 aromatic carbocycles. The maximum absolute atomic E-state index is 15.4. The number of benzene rings is 2. The van der Waals surface area contributed by atoms with Gasteiger partial charge in [0.05, 0.1) is 16.9 Å². The van der Waals surface area contributed by atoms with Gasteiger partial charge in [0.15, 0.2) is 6.29 Å². The lowest BCUT2D eigenvalue weighted by molar-refractivity contribution is -0.138. The summed E-state index contributed by atoms with van der Waals surface area (Å²) in [7, 11) is 1.41. The molecule has 4 N–H and O–H groups in total. The third-order valence-corrected chi connectivity index (χ3v) is 11.6. The van der Waals surface area contributed by atoms with Gasteiger partial charge >= 0.3 is 12.4 Å². The van der Waals surface area contributed by atoms with Crippen LogP contribution in [0.15, 0.2) is 58.7 Å². The summed E-state index contributed by atoms with van der Waals surface area (Å²) in [6.07, 6.45) is -5.91. The molecular formula is C40H43F7N10O4S. The van der Waals surface area contributed by atoms with Crippen molar-refractivity contribution < 1.29 is 49.9 Å². The summed E-state index contributed by atoms with van der Waals surface area (Å²) in [6.45, 7) is 2.27. The van der Waals surface area contributed by atoms with E-state index in [1.807, 2.05) is 23.1 Å². The number of rotatable bonds is 13. The number of amides is 3. The summed E-state index contributed by atoms with van der Waals surface area (Å²) >= 11 is 1.56. The van der Waals surface area contributed by atoms with Gasteiger partial charge in [-0.25, -0.2) is 18.7 Å². The van der Waals surface area contributed by atoms with Gasteiger partial charge in [0, 0.05) is 100.0 Å². The van der Waals surface area contributed by atoms with Crippen molar-refractivity contribution in [3.05, 3.63) is 82.6 Å². The zero-order chi connectivity index (χ0) is 44.8. The number of nitrogens with one attached hydrogen (secondary N) is 2. The lowest BCUT2D eigenvalue weighted by Gasteiger charge is -2.36. The number of piperidine rings is 2. The number of carbonyl (C=O) groups is 4. The highest BCUT2D eigenvalue weighted by Gasteiger charge is 2.37. The maximum Gasteiger partial charge on any atom is 0.419 e. The van der Waals surface area contributed by atoms with Crippen molar-refractivity contribution in [2.24, 2.45) is 10.7 Å². The molecule has 0 aliphatic carbocycles. The topological polar surface area (TPSA) is 169 Å². The molecule has 3 aliphatic rings. The quantitative estimate of drug-likeness (QED) is 0.0679. The van der Waals surface area contributed by atoms with Crippen LogP contribution in [0.4, 0.5) is 42.4 Å². The number of allylic oxidation sites excluding steroid dienone is 1. The molecule has 14 nitrogen and oxygen atoms in total. The number of halogens is 7. The molecule has 6 rings (SSSR count). The molecule has 332 valence electrons. The molecule has 0 bridgehead atoms. The van der Waals surface area contributed by atoms with Crippen LogP contribution in [0.5, 0.6) is 0 Å². The first-order valence-corrected chi connectivity index (χ1v) is 20.3. The van der Waals surface area contributed by atoms with Crippen LogP contribution in [-0.4, -0.2) is 125 Å². The van der Waals surface area contributed by atoms with Crippen LogP contribution in [0.2, 0.25) is 0 Å². The molecule has 22 heteroatoms. The number of alkyl halides is 6. The monoisotopic (exact) mass is 892 g/mol. The van der Waals surface area contributed by atoms with E-state index in [1.165, 1.54) is 18.0 Å². The zero-order valence-corrected chi connectivity index (χ0v) is 34.1. The van der Waals surface area contributed by atoms with Gasteiger partial charge < -0.3 is 20.9 Å². The van der Waals surface area contributed by atoms with E-state index in [-0.39, 0.29) is 41.6 Å². The Morgan fingerprint density at radius 3 is 2.42 bits per heavy atom. The average molecular weight is 893 g/mol. The third kappa shape index (κ3) is 11.6. The van der Waals surface area contributed by atoms with Crippen molar-refractivity contribution in [1.29, 1.82) is 0 Å². The first kappa shape index (κ1) is 45.9. The molecule has 1 atom stereocenters. The SMILES string of the molecule is CN(C(=O)c1cc(N2CCN(Cc3cccc(SN4CCC(Nc5ncc(C(F)(F)F)c(/C(C=NCC(F)(F)F)=C/N)n5)CC4)c3)CC2)c(F)cc1C=O)C1CCC(=O)NC1=O. The Hall–Kier alpha value is -5.61. The highest BCUT2D eigenvalue weighted by Crippen LogP contribution is 2.35. The number of nitrogens with zero attached hydrogens (tertiary/aromatic N) is 7. The molecule has 3 amide bonds. The van der Waals surface area contributed by atoms with Gasteiger partial charge in [-0.1, -0.05) is 12.1 Å². The lowest BCUT2D eigenvalue weighted by atomic mass is 10.0. The summed E-state index contributed by atoms with van der Waals surface area (Å²) < 4.78 is 96.7. The Bertz CT molecular complexity index is 2210. The smallest absolute Gasteiger partial charge is 0.404 e. The van der Waals surface area contributed by atoms with Crippen LogP contribution in [0.3, 0.4) is 0 Å². The number of aromatic nitrogens is 2. The fourth-order valence-corrected chi connectivity index (χ4v) is 8.36. The van der Waals surface area contributed by atoms with Crippen LogP contribution in [0, 0.1) is 5.82 Å². The fourth-order valence-electron chi connectivity index (χ4n) is 7.32. The summed E-state index contributed by atoms with van der Waals surface area (Å²) in [4.78, 5) is 66.5. The fraction of sp³-hybridized carbons (Fsp3) is 0.425. The second-order valence-electron chi connectivity index (χ2n) is 14.9. The number of likely N-dealkylation sites (N-methyl/N-ethyl adjacent to an activating group) is 1. The summed E-state index contributed by atoms with van der Waals surface area (Å²) in [6, 6.07) is 9.27. The molecule has 1 unspecified atom stereocenters. The van der Waals surface area contributed by atoms with Crippen LogP contribution >= 0.6 is 11.9 Å². The largest absolute Gasteiger partial charge is 0.419 e.